The molecule has 1 heterocycles. The summed E-state index contributed by atoms with van der Waals surface area (Å²) < 4.78 is 5.89. The molecule has 0 spiro atoms. The lowest BCUT2D eigenvalue weighted by molar-refractivity contribution is -0.101. The molecule has 1 saturated carbocycles. The molecule has 3 rings (SSSR count). The fourth-order valence-electron chi connectivity index (χ4n) is 3.74. The number of phenols is 2. The highest BCUT2D eigenvalue weighted by Gasteiger charge is 2.37. The van der Waals surface area contributed by atoms with Crippen molar-refractivity contribution in [3.8, 4) is 11.5 Å². The van der Waals surface area contributed by atoms with Crippen molar-refractivity contribution in [2.24, 2.45) is 0 Å². The second-order valence-corrected chi connectivity index (χ2v) is 5.88. The van der Waals surface area contributed by atoms with Crippen molar-refractivity contribution >= 4 is 0 Å². The average molecular weight is 277 g/mol. The van der Waals surface area contributed by atoms with Gasteiger partial charge in [-0.05, 0) is 31.9 Å². The van der Waals surface area contributed by atoms with Crippen LogP contribution in [0.25, 0.3) is 0 Å². The van der Waals surface area contributed by atoms with E-state index in [1.54, 1.807) is 18.2 Å². The van der Waals surface area contributed by atoms with E-state index in [0.29, 0.717) is 17.7 Å². The number of hydrogen-bond acceptors (Lipinski definition) is 4. The average Bonchev–Trinajstić information content (AvgIpc) is 2.46. The van der Waals surface area contributed by atoms with E-state index in [1.807, 2.05) is 0 Å². The van der Waals surface area contributed by atoms with Gasteiger partial charge in [-0.15, -0.1) is 0 Å². The van der Waals surface area contributed by atoms with E-state index < -0.39 is 0 Å². The number of hydrogen-bond donors (Lipinski definition) is 2. The largest absolute Gasteiger partial charge is 0.507 e. The van der Waals surface area contributed by atoms with E-state index in [4.69, 9.17) is 4.74 Å². The van der Waals surface area contributed by atoms with Crippen molar-refractivity contribution in [3.05, 3.63) is 23.8 Å². The Balaban J connectivity index is 1.87. The molecule has 1 aliphatic carbocycles. The Morgan fingerprint density at radius 3 is 2.65 bits per heavy atom. The highest BCUT2D eigenvalue weighted by Crippen LogP contribution is 2.40. The van der Waals surface area contributed by atoms with Gasteiger partial charge in [-0.1, -0.05) is 18.9 Å². The summed E-state index contributed by atoms with van der Waals surface area (Å²) in [6, 6.07) is 5.37. The third-order valence-corrected chi connectivity index (χ3v) is 4.75. The van der Waals surface area contributed by atoms with Crippen LogP contribution in [0.4, 0.5) is 0 Å². The standard InChI is InChI=1S/C16H23NO3/c1-11(16-13(18)6-4-7-14(16)19)17-9-10-20-15-8-3-2-5-12(15)17/h4,6-7,11-12,15,18-19H,2-3,5,8-10H2,1H3. The van der Waals surface area contributed by atoms with E-state index in [2.05, 4.69) is 11.8 Å². The van der Waals surface area contributed by atoms with Crippen LogP contribution in [0.3, 0.4) is 0 Å². The summed E-state index contributed by atoms with van der Waals surface area (Å²) in [7, 11) is 0. The Bertz CT molecular complexity index is 455. The van der Waals surface area contributed by atoms with Crippen LogP contribution in [-0.2, 0) is 4.74 Å². The number of fused-ring (bicyclic) bond motifs is 1. The van der Waals surface area contributed by atoms with Crippen LogP contribution < -0.4 is 0 Å². The molecule has 3 unspecified atom stereocenters. The Morgan fingerprint density at radius 1 is 1.20 bits per heavy atom. The molecule has 20 heavy (non-hydrogen) atoms. The lowest BCUT2D eigenvalue weighted by Crippen LogP contribution is -2.53. The maximum Gasteiger partial charge on any atom is 0.124 e. The van der Waals surface area contributed by atoms with Crippen LogP contribution in [-0.4, -0.2) is 40.4 Å². The second-order valence-electron chi connectivity index (χ2n) is 5.88. The van der Waals surface area contributed by atoms with Gasteiger partial charge in [-0.3, -0.25) is 4.90 Å². The van der Waals surface area contributed by atoms with Crippen molar-refractivity contribution in [2.45, 2.75) is 50.8 Å². The molecule has 1 aliphatic heterocycles. The predicted octanol–water partition coefficient (Wildman–Crippen LogP) is 2.80. The van der Waals surface area contributed by atoms with Gasteiger partial charge in [0.15, 0.2) is 0 Å². The van der Waals surface area contributed by atoms with Gasteiger partial charge in [-0.2, -0.15) is 0 Å². The van der Waals surface area contributed by atoms with Crippen molar-refractivity contribution in [1.82, 2.24) is 4.90 Å². The molecule has 2 N–H and O–H groups in total. The zero-order valence-corrected chi connectivity index (χ0v) is 12.0. The highest BCUT2D eigenvalue weighted by atomic mass is 16.5. The number of benzene rings is 1. The summed E-state index contributed by atoms with van der Waals surface area (Å²) >= 11 is 0. The van der Waals surface area contributed by atoms with Gasteiger partial charge < -0.3 is 14.9 Å². The molecule has 0 aromatic heterocycles. The van der Waals surface area contributed by atoms with Gasteiger partial charge in [0, 0.05) is 18.6 Å². The first-order valence-electron chi connectivity index (χ1n) is 7.56. The molecule has 1 aromatic rings. The number of morpholine rings is 1. The number of ether oxygens (including phenoxy) is 1. The fraction of sp³-hybridized carbons (Fsp3) is 0.625. The Kier molecular flexibility index (Phi) is 3.85. The third kappa shape index (κ3) is 2.38. The molecule has 2 fully saturated rings. The molecule has 1 saturated heterocycles. The van der Waals surface area contributed by atoms with Gasteiger partial charge in [0.25, 0.3) is 0 Å². The van der Waals surface area contributed by atoms with Gasteiger partial charge in [0.1, 0.15) is 11.5 Å². The van der Waals surface area contributed by atoms with Crippen LogP contribution in [0, 0.1) is 0 Å². The summed E-state index contributed by atoms with van der Waals surface area (Å²) in [5, 5.41) is 20.1. The normalized spacial score (nSPS) is 28.9. The third-order valence-electron chi connectivity index (χ3n) is 4.75. The van der Waals surface area contributed by atoms with Crippen LogP contribution in [0.15, 0.2) is 18.2 Å². The first-order chi connectivity index (χ1) is 9.68. The van der Waals surface area contributed by atoms with Crippen molar-refractivity contribution in [2.75, 3.05) is 13.2 Å². The Morgan fingerprint density at radius 2 is 1.90 bits per heavy atom. The zero-order valence-electron chi connectivity index (χ0n) is 12.0. The summed E-state index contributed by atoms with van der Waals surface area (Å²) in [5.41, 5.74) is 0.638. The lowest BCUT2D eigenvalue weighted by atomic mass is 9.88. The van der Waals surface area contributed by atoms with Crippen molar-refractivity contribution < 1.29 is 14.9 Å². The molecule has 4 nitrogen and oxygen atoms in total. The Hall–Kier alpha value is -1.26. The van der Waals surface area contributed by atoms with Crippen LogP contribution in [0.1, 0.15) is 44.2 Å². The summed E-state index contributed by atoms with van der Waals surface area (Å²) in [6.07, 6.45) is 5.06. The van der Waals surface area contributed by atoms with E-state index in [1.165, 1.54) is 12.8 Å². The molecule has 0 amide bonds. The van der Waals surface area contributed by atoms with E-state index >= 15 is 0 Å². The minimum Gasteiger partial charge on any atom is -0.507 e. The summed E-state index contributed by atoms with van der Waals surface area (Å²) in [5.74, 6) is 0.354. The molecule has 4 heteroatoms. The summed E-state index contributed by atoms with van der Waals surface area (Å²) in [4.78, 5) is 2.39. The molecule has 1 aromatic carbocycles. The molecular formula is C16H23NO3. The minimum absolute atomic E-state index is 0.00528. The van der Waals surface area contributed by atoms with Crippen molar-refractivity contribution in [1.29, 1.82) is 0 Å². The predicted molar refractivity (Wildman–Crippen MR) is 76.9 cm³/mol. The highest BCUT2D eigenvalue weighted by molar-refractivity contribution is 5.45. The molecular weight excluding hydrogens is 254 g/mol. The van der Waals surface area contributed by atoms with Gasteiger partial charge in [0.2, 0.25) is 0 Å². The first kappa shape index (κ1) is 13.7. The van der Waals surface area contributed by atoms with E-state index in [-0.39, 0.29) is 17.5 Å². The Labute approximate surface area is 120 Å². The van der Waals surface area contributed by atoms with Gasteiger partial charge in [-0.25, -0.2) is 0 Å². The topological polar surface area (TPSA) is 52.9 Å². The van der Waals surface area contributed by atoms with Gasteiger partial charge >= 0.3 is 0 Å². The maximum atomic E-state index is 10.1. The fourth-order valence-corrected chi connectivity index (χ4v) is 3.74. The van der Waals surface area contributed by atoms with Crippen LogP contribution >= 0.6 is 0 Å². The molecule has 2 aliphatic rings. The molecule has 0 radical (unpaired) electrons. The monoisotopic (exact) mass is 277 g/mol. The molecule has 0 bridgehead atoms. The maximum absolute atomic E-state index is 10.1. The molecule has 3 atom stereocenters. The van der Waals surface area contributed by atoms with Gasteiger partial charge in [0.05, 0.1) is 18.3 Å². The minimum atomic E-state index is 0.00528. The SMILES string of the molecule is CC(c1c(O)cccc1O)N1CCOC2CCCCC21. The number of nitrogens with zero attached hydrogens (tertiary/aromatic N) is 1. The zero-order chi connectivity index (χ0) is 14.1. The quantitative estimate of drug-likeness (QED) is 0.873. The summed E-state index contributed by atoms with van der Waals surface area (Å²) in [6.45, 7) is 3.65. The smallest absolute Gasteiger partial charge is 0.124 e. The number of rotatable bonds is 2. The van der Waals surface area contributed by atoms with E-state index in [9.17, 15) is 10.2 Å². The second kappa shape index (κ2) is 5.62. The lowest BCUT2D eigenvalue weighted by Gasteiger charge is -2.46. The van der Waals surface area contributed by atoms with Crippen LogP contribution in [0.2, 0.25) is 0 Å². The van der Waals surface area contributed by atoms with Crippen molar-refractivity contribution in [3.63, 3.8) is 0 Å². The first-order valence-corrected chi connectivity index (χ1v) is 7.56. The number of aromatic hydroxyl groups is 2. The number of phenolic OH excluding ortho intramolecular Hbond substituents is 2. The molecule has 110 valence electrons. The van der Waals surface area contributed by atoms with E-state index in [0.717, 1.165) is 26.0 Å². The van der Waals surface area contributed by atoms with Crippen LogP contribution in [0.5, 0.6) is 11.5 Å².